The van der Waals surface area contributed by atoms with Crippen LogP contribution in [0.3, 0.4) is 0 Å². The molecule has 26 heavy (non-hydrogen) atoms. The van der Waals surface area contributed by atoms with E-state index in [1.165, 1.54) is 0 Å². The molecule has 2 amide bonds. The van der Waals surface area contributed by atoms with E-state index in [4.69, 9.17) is 4.52 Å². The summed E-state index contributed by atoms with van der Waals surface area (Å²) in [6, 6.07) is 1.92. The Morgan fingerprint density at radius 1 is 1.31 bits per heavy atom. The number of aryl methyl sites for hydroxylation is 2. The lowest BCUT2D eigenvalue weighted by atomic mass is 9.94. The second-order valence-corrected chi connectivity index (χ2v) is 7.43. The summed E-state index contributed by atoms with van der Waals surface area (Å²) in [6.45, 7) is 7.59. The van der Waals surface area contributed by atoms with Gasteiger partial charge in [-0.1, -0.05) is 12.1 Å². The van der Waals surface area contributed by atoms with Crippen LogP contribution >= 0.6 is 0 Å². The average molecular weight is 356 g/mol. The van der Waals surface area contributed by atoms with Gasteiger partial charge >= 0.3 is 0 Å². The highest BCUT2D eigenvalue weighted by Gasteiger charge is 2.41. The van der Waals surface area contributed by atoms with Crippen LogP contribution in [0, 0.1) is 19.8 Å². The van der Waals surface area contributed by atoms with E-state index in [1.54, 1.807) is 6.07 Å². The van der Waals surface area contributed by atoms with Crippen LogP contribution in [0.4, 0.5) is 0 Å². The molecule has 5 heterocycles. The Morgan fingerprint density at radius 2 is 2.12 bits per heavy atom. The summed E-state index contributed by atoms with van der Waals surface area (Å²) < 4.78 is 5.26. The first kappa shape index (κ1) is 17.0. The normalized spacial score (nSPS) is 23.0. The Balaban J connectivity index is 1.70. The number of hydrogen-bond acceptors (Lipinski definition) is 5. The number of rotatable bonds is 3. The molecular formula is C19H24N4O3. The number of aromatic nitrogens is 2. The minimum atomic E-state index is -0.0914. The Kier molecular flexibility index (Phi) is 4.17. The van der Waals surface area contributed by atoms with Crippen molar-refractivity contribution in [3.05, 3.63) is 23.0 Å². The van der Waals surface area contributed by atoms with Gasteiger partial charge in [-0.3, -0.25) is 9.59 Å². The summed E-state index contributed by atoms with van der Waals surface area (Å²) in [6.07, 6.45) is 2.77. The van der Waals surface area contributed by atoms with Crippen molar-refractivity contribution in [1.29, 1.82) is 0 Å². The van der Waals surface area contributed by atoms with E-state index in [0.717, 1.165) is 31.5 Å². The maximum Gasteiger partial charge on any atom is 0.258 e. The summed E-state index contributed by atoms with van der Waals surface area (Å²) in [5.41, 5.74) is 2.35. The van der Waals surface area contributed by atoms with Crippen molar-refractivity contribution in [2.75, 3.05) is 19.6 Å². The second-order valence-electron chi connectivity index (χ2n) is 7.43. The third kappa shape index (κ3) is 2.66. The molecule has 2 aromatic rings. The van der Waals surface area contributed by atoms with Crippen LogP contribution < -0.4 is 0 Å². The molecule has 3 aliphatic heterocycles. The fourth-order valence-corrected chi connectivity index (χ4v) is 4.30. The number of fused-ring (bicyclic) bond motifs is 5. The lowest BCUT2D eigenvalue weighted by Crippen LogP contribution is -2.48. The molecule has 3 saturated heterocycles. The standard InChI is InChI=1S/C19H24N4O3/c1-4-7-23-14-6-5-13(18(23)24)9-22(10-14)19(25)15-8-11(2)20-17-16(15)12(3)21-26-17/h8,13-14H,4-7,9-10H2,1-3H3. The highest BCUT2D eigenvalue weighted by Crippen LogP contribution is 2.31. The van der Waals surface area contributed by atoms with Crippen LogP contribution in [0.5, 0.6) is 0 Å². The van der Waals surface area contributed by atoms with E-state index >= 15 is 0 Å². The van der Waals surface area contributed by atoms with E-state index < -0.39 is 0 Å². The maximum absolute atomic E-state index is 13.4. The predicted octanol–water partition coefficient (Wildman–Crippen LogP) is 2.31. The highest BCUT2D eigenvalue weighted by molar-refractivity contribution is 6.06. The molecule has 0 aliphatic carbocycles. The lowest BCUT2D eigenvalue weighted by Gasteiger charge is -2.35. The van der Waals surface area contributed by atoms with Crippen LogP contribution in [-0.4, -0.2) is 57.4 Å². The topological polar surface area (TPSA) is 79.5 Å². The van der Waals surface area contributed by atoms with Gasteiger partial charge in [-0.2, -0.15) is 0 Å². The molecule has 7 nitrogen and oxygen atoms in total. The van der Waals surface area contributed by atoms with Gasteiger partial charge in [0.05, 0.1) is 22.6 Å². The first-order valence-corrected chi connectivity index (χ1v) is 9.33. The first-order valence-electron chi connectivity index (χ1n) is 9.33. The molecule has 0 aromatic carbocycles. The van der Waals surface area contributed by atoms with Gasteiger partial charge in [0.25, 0.3) is 11.6 Å². The third-order valence-corrected chi connectivity index (χ3v) is 5.52. The number of nitrogens with zero attached hydrogens (tertiary/aromatic N) is 4. The molecule has 3 aliphatic rings. The monoisotopic (exact) mass is 356 g/mol. The SMILES string of the molecule is CCCN1C(=O)C2CCC1CN(C(=O)c1cc(C)nc3onc(C)c13)C2. The smallest absolute Gasteiger partial charge is 0.258 e. The molecule has 2 unspecified atom stereocenters. The van der Waals surface area contributed by atoms with Crippen molar-refractivity contribution in [1.82, 2.24) is 19.9 Å². The van der Waals surface area contributed by atoms with Gasteiger partial charge in [0.1, 0.15) is 0 Å². The summed E-state index contributed by atoms with van der Waals surface area (Å²) >= 11 is 0. The molecule has 3 fully saturated rings. The molecule has 5 rings (SSSR count). The molecular weight excluding hydrogens is 332 g/mol. The molecule has 0 spiro atoms. The van der Waals surface area contributed by atoms with E-state index in [9.17, 15) is 9.59 Å². The van der Waals surface area contributed by atoms with Crippen molar-refractivity contribution in [2.45, 2.75) is 46.1 Å². The van der Waals surface area contributed by atoms with Gasteiger partial charge in [0, 0.05) is 31.4 Å². The number of carbonyl (C=O) groups is 2. The summed E-state index contributed by atoms with van der Waals surface area (Å²) in [5, 5.41) is 4.64. The molecule has 138 valence electrons. The lowest BCUT2D eigenvalue weighted by molar-refractivity contribution is -0.139. The van der Waals surface area contributed by atoms with Gasteiger partial charge in [0.15, 0.2) is 0 Å². The van der Waals surface area contributed by atoms with E-state index in [0.29, 0.717) is 35.4 Å². The minimum Gasteiger partial charge on any atom is -0.338 e. The van der Waals surface area contributed by atoms with Crippen molar-refractivity contribution in [3.63, 3.8) is 0 Å². The van der Waals surface area contributed by atoms with Crippen molar-refractivity contribution in [3.8, 4) is 0 Å². The first-order chi connectivity index (χ1) is 12.5. The zero-order valence-corrected chi connectivity index (χ0v) is 15.5. The van der Waals surface area contributed by atoms with Crippen molar-refractivity contribution in [2.24, 2.45) is 5.92 Å². The second kappa shape index (κ2) is 6.37. The van der Waals surface area contributed by atoms with Crippen LogP contribution in [0.1, 0.15) is 47.9 Å². The van der Waals surface area contributed by atoms with Crippen LogP contribution in [0.25, 0.3) is 11.1 Å². The van der Waals surface area contributed by atoms with Crippen molar-refractivity contribution >= 4 is 22.9 Å². The highest BCUT2D eigenvalue weighted by atomic mass is 16.5. The largest absolute Gasteiger partial charge is 0.338 e. The third-order valence-electron chi connectivity index (χ3n) is 5.52. The summed E-state index contributed by atoms with van der Waals surface area (Å²) in [4.78, 5) is 34.3. The maximum atomic E-state index is 13.4. The van der Waals surface area contributed by atoms with Gasteiger partial charge in [0.2, 0.25) is 5.91 Å². The fourth-order valence-electron chi connectivity index (χ4n) is 4.30. The molecule has 2 bridgehead atoms. The van der Waals surface area contributed by atoms with Gasteiger partial charge in [-0.05, 0) is 39.2 Å². The zero-order chi connectivity index (χ0) is 18.4. The molecule has 0 N–H and O–H groups in total. The Labute approximate surface area is 152 Å². The van der Waals surface area contributed by atoms with E-state index in [-0.39, 0.29) is 23.8 Å². The fraction of sp³-hybridized carbons (Fsp3) is 0.579. The Hall–Kier alpha value is -2.44. The molecule has 0 radical (unpaired) electrons. The number of amides is 2. The Morgan fingerprint density at radius 3 is 2.88 bits per heavy atom. The molecule has 7 heteroatoms. The van der Waals surface area contributed by atoms with Crippen molar-refractivity contribution < 1.29 is 14.1 Å². The zero-order valence-electron chi connectivity index (χ0n) is 15.5. The van der Waals surface area contributed by atoms with E-state index in [1.807, 2.05) is 23.6 Å². The molecule has 2 aromatic heterocycles. The predicted molar refractivity (Wildman–Crippen MR) is 95.7 cm³/mol. The minimum absolute atomic E-state index is 0.0603. The Bertz CT molecular complexity index is 875. The molecule has 2 atom stereocenters. The summed E-state index contributed by atoms with van der Waals surface area (Å²) in [7, 11) is 0. The number of carbonyl (C=O) groups excluding carboxylic acids is 2. The van der Waals surface area contributed by atoms with Gasteiger partial charge < -0.3 is 14.3 Å². The average Bonchev–Trinajstić information content (AvgIpc) is 2.81. The number of pyridine rings is 1. The van der Waals surface area contributed by atoms with Gasteiger partial charge in [-0.15, -0.1) is 0 Å². The van der Waals surface area contributed by atoms with Crippen LogP contribution in [-0.2, 0) is 4.79 Å². The quantitative estimate of drug-likeness (QED) is 0.843. The number of hydrogen-bond donors (Lipinski definition) is 0. The molecule has 0 saturated carbocycles. The summed E-state index contributed by atoms with van der Waals surface area (Å²) in [5.74, 6) is 0.0525. The number of piperidine rings is 1. The van der Waals surface area contributed by atoms with Crippen LogP contribution in [0.15, 0.2) is 10.6 Å². The van der Waals surface area contributed by atoms with E-state index in [2.05, 4.69) is 17.1 Å². The van der Waals surface area contributed by atoms with Crippen LogP contribution in [0.2, 0.25) is 0 Å². The van der Waals surface area contributed by atoms with Gasteiger partial charge in [-0.25, -0.2) is 4.98 Å².